The number of hydrogen-bond donors (Lipinski definition) is 3. The Morgan fingerprint density at radius 1 is 0.450 bits per heavy atom. The molecule has 1 unspecified atom stereocenters. The van der Waals surface area contributed by atoms with Crippen molar-refractivity contribution in [1.29, 1.82) is 0 Å². The number of rotatable bonds is 9. The fourth-order valence-electron chi connectivity index (χ4n) is 1.93. The van der Waals surface area contributed by atoms with Gasteiger partial charge in [0.25, 0.3) is 0 Å². The highest BCUT2D eigenvalue weighted by Gasteiger charge is 2.99. The summed E-state index contributed by atoms with van der Waals surface area (Å²) in [4.78, 5) is 9.25. The van der Waals surface area contributed by atoms with E-state index in [2.05, 4.69) is 6.58 Å². The normalized spacial score (nSPS) is 17.0. The van der Waals surface area contributed by atoms with Gasteiger partial charge in [-0.15, -0.1) is 0 Å². The summed E-state index contributed by atoms with van der Waals surface area (Å²) in [5.74, 6) is -64.9. The molecule has 3 N–H and O–H groups in total. The molecule has 26 heteroatoms. The Bertz CT molecular complexity index is 909. The Kier molecular flexibility index (Phi) is 10.1. The van der Waals surface area contributed by atoms with Crippen molar-refractivity contribution in [2.45, 2.75) is 65.5 Å². The fourth-order valence-corrected chi connectivity index (χ4v) is 1.93. The lowest BCUT2D eigenvalue weighted by Crippen LogP contribution is -2.80. The second-order valence-corrected chi connectivity index (χ2v) is 6.81. The third kappa shape index (κ3) is 5.31. The molecule has 0 aromatic carbocycles. The maximum absolute atomic E-state index is 13.4. The van der Waals surface area contributed by atoms with Crippen LogP contribution in [0, 0.1) is 0 Å². The number of alkyl halides is 22. The minimum atomic E-state index is -9.40. The predicted octanol–water partition coefficient (Wildman–Crippen LogP) is 6.13. The van der Waals surface area contributed by atoms with Gasteiger partial charge >= 0.3 is 71.5 Å². The first kappa shape index (κ1) is 39.7. The lowest BCUT2D eigenvalue weighted by molar-refractivity contribution is -0.500. The van der Waals surface area contributed by atoms with Crippen LogP contribution >= 0.6 is 0 Å². The summed E-state index contributed by atoms with van der Waals surface area (Å²) < 4.78 is 282. The summed E-state index contributed by atoms with van der Waals surface area (Å²) in [6, 6.07) is 0. The molecule has 0 amide bonds. The van der Waals surface area contributed by atoms with Gasteiger partial charge in [-0.2, -0.15) is 96.6 Å². The molecule has 0 saturated heterocycles. The average Bonchev–Trinajstić information content (AvgIpc) is 2.69. The van der Waals surface area contributed by atoms with Crippen LogP contribution < -0.4 is 0 Å². The zero-order chi connectivity index (χ0) is 33.8. The molecule has 240 valence electrons. The van der Waals surface area contributed by atoms with Crippen molar-refractivity contribution in [3.8, 4) is 0 Å². The van der Waals surface area contributed by atoms with E-state index in [4.69, 9.17) is 15.3 Å². The van der Waals surface area contributed by atoms with Crippen LogP contribution in [0.3, 0.4) is 0 Å². The number of aliphatic hydroxyl groups is 2. The van der Waals surface area contributed by atoms with E-state index in [1.54, 1.807) is 0 Å². The highest BCUT2D eigenvalue weighted by molar-refractivity contribution is 5.78. The zero-order valence-electron chi connectivity index (χ0n) is 17.3. The van der Waals surface area contributed by atoms with E-state index in [0.29, 0.717) is 0 Å². The van der Waals surface area contributed by atoms with E-state index >= 15 is 0 Å². The van der Waals surface area contributed by atoms with Gasteiger partial charge in [-0.1, -0.05) is 6.58 Å². The van der Waals surface area contributed by atoms with E-state index in [1.165, 1.54) is 0 Å². The zero-order valence-corrected chi connectivity index (χ0v) is 17.3. The van der Waals surface area contributed by atoms with Crippen LogP contribution in [0.5, 0.6) is 0 Å². The van der Waals surface area contributed by atoms with E-state index in [1.807, 2.05) is 0 Å². The van der Waals surface area contributed by atoms with Gasteiger partial charge in [0.05, 0.1) is 0 Å². The third-order valence-corrected chi connectivity index (χ3v) is 4.20. The monoisotopic (exact) mass is 656 g/mol. The number of carboxylic acid groups (broad SMARTS) is 1. The van der Waals surface area contributed by atoms with Crippen molar-refractivity contribution in [3.05, 3.63) is 12.7 Å². The standard InChI is InChI=1S/C11H2F22O2.C3H4O2/c12-2(13,1(34,9(26,27)28)11(32,33)35)3(14,15)4(16,17)5(18,19)6(20,21)7(22,23)8(24,25)10(29,30)31;1-2-3(4)5/h34-35H;2H,1H2,(H,4,5). The van der Waals surface area contributed by atoms with Crippen molar-refractivity contribution in [1.82, 2.24) is 0 Å². The smallest absolute Gasteiger partial charge is 0.460 e. The number of carbonyl (C=O) groups is 1. The van der Waals surface area contributed by atoms with Gasteiger partial charge in [-0.25, -0.2) is 4.79 Å². The Morgan fingerprint density at radius 3 is 0.800 bits per heavy atom. The Hall–Kier alpha value is -2.41. The molecule has 0 aliphatic carbocycles. The van der Waals surface area contributed by atoms with Crippen molar-refractivity contribution in [2.24, 2.45) is 0 Å². The van der Waals surface area contributed by atoms with E-state index in [-0.39, 0.29) is 0 Å². The highest BCUT2D eigenvalue weighted by Crippen LogP contribution is 2.66. The van der Waals surface area contributed by atoms with Crippen LogP contribution in [0.25, 0.3) is 0 Å². The largest absolute Gasteiger partial charge is 0.478 e. The summed E-state index contributed by atoms with van der Waals surface area (Å²) in [5, 5.41) is 23.5. The molecule has 1 atom stereocenters. The maximum Gasteiger partial charge on any atom is 0.460 e. The molecule has 0 radical (unpaired) electrons. The Labute approximate surface area is 202 Å². The molecule has 0 rings (SSSR count). The SMILES string of the molecule is C=CC(=O)O.OC(F)(F)C(O)(C(F)(F)F)C(F)(F)C(F)(F)C(F)(F)C(F)(F)C(F)(F)C(F)(F)C(F)(F)C(F)(F)F. The molecule has 0 spiro atoms. The van der Waals surface area contributed by atoms with E-state index in [0.717, 1.165) is 6.08 Å². The van der Waals surface area contributed by atoms with Crippen LogP contribution in [-0.2, 0) is 4.79 Å². The molecule has 0 bridgehead atoms. The lowest BCUT2D eigenvalue weighted by Gasteiger charge is -2.46. The molecule has 0 aromatic rings. The molecule has 0 fully saturated rings. The molecule has 0 heterocycles. The number of halogens is 22. The second kappa shape index (κ2) is 10.1. The topological polar surface area (TPSA) is 77.8 Å². The maximum atomic E-state index is 13.4. The molecular formula is C14H6F22O4. The minimum absolute atomic E-state index is 0.833. The summed E-state index contributed by atoms with van der Waals surface area (Å²) in [5.41, 5.74) is -8.33. The quantitative estimate of drug-likeness (QED) is 0.206. The summed E-state index contributed by atoms with van der Waals surface area (Å²) in [6.07, 6.45) is -23.3. The van der Waals surface area contributed by atoms with Gasteiger partial charge in [-0.05, 0) is 0 Å². The van der Waals surface area contributed by atoms with Gasteiger partial charge in [0.2, 0.25) is 0 Å². The molecule has 0 aromatic heterocycles. The first-order chi connectivity index (χ1) is 16.8. The first-order valence-electron chi connectivity index (χ1n) is 8.23. The van der Waals surface area contributed by atoms with E-state index in [9.17, 15) is 101 Å². The molecule has 0 saturated carbocycles. The lowest BCUT2D eigenvalue weighted by atomic mass is 9.82. The van der Waals surface area contributed by atoms with Gasteiger partial charge in [0.15, 0.2) is 0 Å². The van der Waals surface area contributed by atoms with Crippen LogP contribution in [0.1, 0.15) is 0 Å². The van der Waals surface area contributed by atoms with Crippen molar-refractivity contribution < 1.29 is 117 Å². The number of aliphatic carboxylic acids is 1. The summed E-state index contributed by atoms with van der Waals surface area (Å²) >= 11 is 0. The second-order valence-electron chi connectivity index (χ2n) is 6.81. The first-order valence-corrected chi connectivity index (χ1v) is 8.23. The summed E-state index contributed by atoms with van der Waals surface area (Å²) in [6.45, 7) is 2.96. The molecule has 40 heavy (non-hydrogen) atoms. The summed E-state index contributed by atoms with van der Waals surface area (Å²) in [7, 11) is 0. The number of carboxylic acids is 1. The van der Waals surface area contributed by atoms with Crippen LogP contribution in [0.4, 0.5) is 96.6 Å². The van der Waals surface area contributed by atoms with Crippen LogP contribution in [-0.4, -0.2) is 86.8 Å². The molecule has 0 aliphatic heterocycles. The molecule has 4 nitrogen and oxygen atoms in total. The fraction of sp³-hybridized carbons (Fsp3) is 0.786. The van der Waals surface area contributed by atoms with Crippen LogP contribution in [0.15, 0.2) is 12.7 Å². The average molecular weight is 656 g/mol. The van der Waals surface area contributed by atoms with Gasteiger partial charge in [0.1, 0.15) is 0 Å². The minimum Gasteiger partial charge on any atom is -0.478 e. The van der Waals surface area contributed by atoms with Gasteiger partial charge in [-0.3, -0.25) is 0 Å². The van der Waals surface area contributed by atoms with Crippen LogP contribution in [0.2, 0.25) is 0 Å². The van der Waals surface area contributed by atoms with Gasteiger partial charge in [0, 0.05) is 6.08 Å². The van der Waals surface area contributed by atoms with Crippen molar-refractivity contribution in [2.75, 3.05) is 0 Å². The molecular weight excluding hydrogens is 650 g/mol. The van der Waals surface area contributed by atoms with Crippen molar-refractivity contribution in [3.63, 3.8) is 0 Å². The number of hydrogen-bond acceptors (Lipinski definition) is 3. The Morgan fingerprint density at radius 2 is 0.650 bits per heavy atom. The van der Waals surface area contributed by atoms with E-state index < -0.39 is 71.5 Å². The predicted molar refractivity (Wildman–Crippen MR) is 76.7 cm³/mol. The Balaban J connectivity index is 0. The highest BCUT2D eigenvalue weighted by atomic mass is 19.4. The third-order valence-electron chi connectivity index (χ3n) is 4.20. The molecule has 0 aliphatic rings. The van der Waals surface area contributed by atoms with Gasteiger partial charge < -0.3 is 15.3 Å². The van der Waals surface area contributed by atoms with Crippen molar-refractivity contribution >= 4 is 5.97 Å².